The lowest BCUT2D eigenvalue weighted by Crippen LogP contribution is -2.38. The topological polar surface area (TPSA) is 95.1 Å². The van der Waals surface area contributed by atoms with E-state index in [0.29, 0.717) is 13.0 Å². The summed E-state index contributed by atoms with van der Waals surface area (Å²) in [5, 5.41) is 0. The minimum atomic E-state index is -0.622. The molecule has 0 spiro atoms. The average molecular weight is 193 g/mol. The van der Waals surface area contributed by atoms with Gasteiger partial charge in [0.1, 0.15) is 0 Å². The molecule has 1 atom stereocenters. The highest BCUT2D eigenvalue weighted by Crippen LogP contribution is 2.06. The van der Waals surface area contributed by atoms with Crippen molar-refractivity contribution in [3.05, 3.63) is 35.4 Å². The van der Waals surface area contributed by atoms with E-state index in [0.717, 1.165) is 11.1 Å². The van der Waals surface area contributed by atoms with Crippen LogP contribution < -0.4 is 17.2 Å². The van der Waals surface area contributed by atoms with E-state index in [1.165, 1.54) is 0 Å². The van der Waals surface area contributed by atoms with Gasteiger partial charge in [0.2, 0.25) is 5.91 Å². The fourth-order valence-electron chi connectivity index (χ4n) is 1.24. The molecule has 0 heterocycles. The van der Waals surface area contributed by atoms with Gasteiger partial charge in [0.25, 0.3) is 0 Å². The third-order valence-electron chi connectivity index (χ3n) is 2.05. The minimum Gasteiger partial charge on any atom is -0.368 e. The van der Waals surface area contributed by atoms with E-state index in [9.17, 15) is 4.79 Å². The van der Waals surface area contributed by atoms with Crippen LogP contribution in [0, 0.1) is 0 Å². The Bertz CT molecular complexity index is 325. The van der Waals surface area contributed by atoms with E-state index in [-0.39, 0.29) is 0 Å². The monoisotopic (exact) mass is 193 g/mol. The zero-order valence-corrected chi connectivity index (χ0v) is 7.94. The van der Waals surface area contributed by atoms with Gasteiger partial charge in [-0.15, -0.1) is 0 Å². The van der Waals surface area contributed by atoms with Crippen LogP contribution in [0.1, 0.15) is 11.1 Å². The summed E-state index contributed by atoms with van der Waals surface area (Å²) >= 11 is 0. The molecular formula is C10H15N3O. The number of hydrogen-bond acceptors (Lipinski definition) is 3. The van der Waals surface area contributed by atoms with Crippen molar-refractivity contribution < 1.29 is 4.79 Å². The molecule has 4 heteroatoms. The number of carbonyl (C=O) groups is 1. The molecule has 0 aromatic heterocycles. The van der Waals surface area contributed by atoms with E-state index >= 15 is 0 Å². The van der Waals surface area contributed by atoms with Gasteiger partial charge in [-0.1, -0.05) is 24.3 Å². The highest BCUT2D eigenvalue weighted by Gasteiger charge is 2.09. The van der Waals surface area contributed by atoms with Crippen molar-refractivity contribution in [3.63, 3.8) is 0 Å². The van der Waals surface area contributed by atoms with Crippen molar-refractivity contribution in [2.75, 3.05) is 0 Å². The Hall–Kier alpha value is -1.39. The fraction of sp³-hybridized carbons (Fsp3) is 0.300. The number of nitrogens with two attached hydrogens (primary N) is 3. The van der Waals surface area contributed by atoms with Crippen LogP contribution in [-0.2, 0) is 17.8 Å². The van der Waals surface area contributed by atoms with Crippen molar-refractivity contribution in [1.82, 2.24) is 0 Å². The SMILES string of the molecule is NCc1cccc(C[C@H](N)C(N)=O)c1. The van der Waals surface area contributed by atoms with Gasteiger partial charge in [0.15, 0.2) is 0 Å². The molecule has 1 amide bonds. The first kappa shape index (κ1) is 10.7. The molecule has 4 nitrogen and oxygen atoms in total. The molecule has 76 valence electrons. The van der Waals surface area contributed by atoms with Crippen LogP contribution in [0.25, 0.3) is 0 Å². The van der Waals surface area contributed by atoms with E-state index < -0.39 is 11.9 Å². The maximum Gasteiger partial charge on any atom is 0.234 e. The van der Waals surface area contributed by atoms with Crippen molar-refractivity contribution in [1.29, 1.82) is 0 Å². The maximum absolute atomic E-state index is 10.7. The zero-order valence-electron chi connectivity index (χ0n) is 7.94. The molecule has 0 aliphatic rings. The Balaban J connectivity index is 2.71. The van der Waals surface area contributed by atoms with E-state index in [1.807, 2.05) is 24.3 Å². The first-order valence-corrected chi connectivity index (χ1v) is 4.46. The highest BCUT2D eigenvalue weighted by atomic mass is 16.1. The number of amides is 1. The lowest BCUT2D eigenvalue weighted by atomic mass is 10.0. The average Bonchev–Trinajstić information content (AvgIpc) is 2.18. The van der Waals surface area contributed by atoms with Crippen LogP contribution in [-0.4, -0.2) is 11.9 Å². The summed E-state index contributed by atoms with van der Waals surface area (Å²) in [6.07, 6.45) is 0.461. The second-order valence-electron chi connectivity index (χ2n) is 3.24. The molecule has 1 rings (SSSR count). The van der Waals surface area contributed by atoms with Crippen molar-refractivity contribution in [2.24, 2.45) is 17.2 Å². The quantitative estimate of drug-likeness (QED) is 0.601. The maximum atomic E-state index is 10.7. The molecule has 1 aromatic carbocycles. The van der Waals surface area contributed by atoms with Crippen molar-refractivity contribution >= 4 is 5.91 Å². The summed E-state index contributed by atoms with van der Waals surface area (Å²) in [6, 6.07) is 7.04. The van der Waals surface area contributed by atoms with Gasteiger partial charge in [-0.25, -0.2) is 0 Å². The standard InChI is InChI=1S/C10H15N3O/c11-6-8-3-1-2-7(4-8)5-9(12)10(13)14/h1-4,9H,5-6,11-12H2,(H2,13,14)/t9-/m0/s1. The van der Waals surface area contributed by atoms with E-state index in [4.69, 9.17) is 17.2 Å². The van der Waals surface area contributed by atoms with Crippen LogP contribution >= 0.6 is 0 Å². The first-order chi connectivity index (χ1) is 6.63. The molecule has 0 saturated heterocycles. The molecule has 0 aliphatic heterocycles. The Labute approximate surface area is 83.1 Å². The van der Waals surface area contributed by atoms with Crippen molar-refractivity contribution in [2.45, 2.75) is 19.0 Å². The van der Waals surface area contributed by atoms with Crippen LogP contribution in [0.5, 0.6) is 0 Å². The van der Waals surface area contributed by atoms with Crippen molar-refractivity contribution in [3.8, 4) is 0 Å². The van der Waals surface area contributed by atoms with Crippen LogP contribution in [0.15, 0.2) is 24.3 Å². The van der Waals surface area contributed by atoms with Crippen LogP contribution in [0.2, 0.25) is 0 Å². The van der Waals surface area contributed by atoms with Crippen LogP contribution in [0.3, 0.4) is 0 Å². The van der Waals surface area contributed by atoms with E-state index in [1.54, 1.807) is 0 Å². The second kappa shape index (κ2) is 4.74. The predicted octanol–water partition coefficient (Wildman–Crippen LogP) is -0.500. The lowest BCUT2D eigenvalue weighted by molar-refractivity contribution is -0.119. The number of primary amides is 1. The highest BCUT2D eigenvalue weighted by molar-refractivity contribution is 5.79. The molecule has 1 aromatic rings. The van der Waals surface area contributed by atoms with Gasteiger partial charge >= 0.3 is 0 Å². The second-order valence-corrected chi connectivity index (χ2v) is 3.24. The lowest BCUT2D eigenvalue weighted by Gasteiger charge is -2.08. The largest absolute Gasteiger partial charge is 0.368 e. The predicted molar refractivity (Wildman–Crippen MR) is 55.2 cm³/mol. The van der Waals surface area contributed by atoms with E-state index in [2.05, 4.69) is 0 Å². The Kier molecular flexibility index (Phi) is 3.62. The van der Waals surface area contributed by atoms with Gasteiger partial charge in [0.05, 0.1) is 6.04 Å². The van der Waals surface area contributed by atoms with Gasteiger partial charge in [-0.05, 0) is 17.5 Å². The fourth-order valence-corrected chi connectivity index (χ4v) is 1.24. The summed E-state index contributed by atoms with van der Waals surface area (Å²) in [4.78, 5) is 10.7. The molecule has 0 aliphatic carbocycles. The number of carbonyl (C=O) groups excluding carboxylic acids is 1. The summed E-state index contributed by atoms with van der Waals surface area (Å²) in [5.74, 6) is -0.483. The molecule has 0 saturated carbocycles. The summed E-state index contributed by atoms with van der Waals surface area (Å²) in [6.45, 7) is 0.486. The third kappa shape index (κ3) is 2.83. The molecule has 0 radical (unpaired) electrons. The number of benzene rings is 1. The van der Waals surface area contributed by atoms with Gasteiger partial charge in [0, 0.05) is 6.54 Å². The third-order valence-corrected chi connectivity index (χ3v) is 2.05. The zero-order chi connectivity index (χ0) is 10.6. The first-order valence-electron chi connectivity index (χ1n) is 4.46. The summed E-state index contributed by atoms with van der Waals surface area (Å²) < 4.78 is 0. The Morgan fingerprint density at radius 2 is 2.00 bits per heavy atom. The van der Waals surface area contributed by atoms with Crippen LogP contribution in [0.4, 0.5) is 0 Å². The summed E-state index contributed by atoms with van der Waals surface area (Å²) in [7, 11) is 0. The minimum absolute atomic E-state index is 0.461. The molecule has 14 heavy (non-hydrogen) atoms. The molecule has 0 unspecified atom stereocenters. The Morgan fingerprint density at radius 3 is 2.57 bits per heavy atom. The number of rotatable bonds is 4. The molecule has 6 N–H and O–H groups in total. The van der Waals surface area contributed by atoms with Gasteiger partial charge in [-0.2, -0.15) is 0 Å². The normalized spacial score (nSPS) is 12.4. The molecule has 0 bridgehead atoms. The Morgan fingerprint density at radius 1 is 1.36 bits per heavy atom. The van der Waals surface area contributed by atoms with Gasteiger partial charge < -0.3 is 17.2 Å². The molecular weight excluding hydrogens is 178 g/mol. The van der Waals surface area contributed by atoms with Gasteiger partial charge in [-0.3, -0.25) is 4.79 Å². The molecule has 0 fully saturated rings. The smallest absolute Gasteiger partial charge is 0.234 e. The number of hydrogen-bond donors (Lipinski definition) is 3. The summed E-state index contributed by atoms with van der Waals surface area (Å²) in [5.41, 5.74) is 18.1.